The van der Waals surface area contributed by atoms with Crippen LogP contribution in [-0.2, 0) is 6.54 Å². The predicted molar refractivity (Wildman–Crippen MR) is 33.0 cm³/mol. The van der Waals surface area contributed by atoms with Crippen LogP contribution in [0.2, 0.25) is 0 Å². The molecule has 5 nitrogen and oxygen atoms in total. The van der Waals surface area contributed by atoms with Gasteiger partial charge in [-0.2, -0.15) is 4.68 Å². The van der Waals surface area contributed by atoms with Gasteiger partial charge >= 0.3 is 11.8 Å². The van der Waals surface area contributed by atoms with Gasteiger partial charge in [0.15, 0.2) is 0 Å². The Morgan fingerprint density at radius 1 is 1.80 bits per heavy atom. The maximum Gasteiger partial charge on any atom is 0.439 e. The van der Waals surface area contributed by atoms with E-state index in [4.69, 9.17) is 0 Å². The van der Waals surface area contributed by atoms with Crippen molar-refractivity contribution in [1.29, 1.82) is 0 Å². The maximum absolute atomic E-state index is 10.7. The maximum atomic E-state index is 10.7. The first-order valence-corrected chi connectivity index (χ1v) is 2.90. The van der Waals surface area contributed by atoms with E-state index in [-0.39, 0.29) is 6.08 Å². The zero-order valence-corrected chi connectivity index (χ0v) is 5.83. The first-order valence-electron chi connectivity index (χ1n) is 2.90. The molecule has 1 aromatic heterocycles. The Morgan fingerprint density at radius 3 is 2.80 bits per heavy atom. The van der Waals surface area contributed by atoms with Crippen molar-refractivity contribution in [3.63, 3.8) is 0 Å². The van der Waals surface area contributed by atoms with Crippen LogP contribution in [0, 0.1) is 0 Å². The molecule has 0 N–H and O–H groups in total. The summed E-state index contributed by atoms with van der Waals surface area (Å²) in [6.07, 6.45) is 0.00634. The van der Waals surface area contributed by atoms with Crippen LogP contribution in [0.1, 0.15) is 6.92 Å². The second kappa shape index (κ2) is 2.55. The van der Waals surface area contributed by atoms with Crippen LogP contribution in [0.4, 0.5) is 0 Å². The SMILES string of the molecule is CCn1nc(OC)oc1=O. The van der Waals surface area contributed by atoms with Gasteiger partial charge in [-0.15, -0.1) is 0 Å². The third-order valence-electron chi connectivity index (χ3n) is 1.06. The van der Waals surface area contributed by atoms with Crippen molar-refractivity contribution in [3.8, 4) is 6.08 Å². The van der Waals surface area contributed by atoms with Crippen LogP contribution >= 0.6 is 0 Å². The summed E-state index contributed by atoms with van der Waals surface area (Å²) < 4.78 is 10.3. The lowest BCUT2D eigenvalue weighted by molar-refractivity contribution is 0.282. The molecule has 0 atom stereocenters. The minimum Gasteiger partial charge on any atom is -0.452 e. The Hall–Kier alpha value is -1.26. The summed E-state index contributed by atoms with van der Waals surface area (Å²) in [6.45, 7) is 2.29. The number of hydrogen-bond donors (Lipinski definition) is 0. The van der Waals surface area contributed by atoms with Gasteiger partial charge in [0.1, 0.15) is 0 Å². The quantitative estimate of drug-likeness (QED) is 0.580. The molecule has 56 valence electrons. The van der Waals surface area contributed by atoms with Crippen LogP contribution in [-0.4, -0.2) is 16.9 Å². The fraction of sp³-hybridized carbons (Fsp3) is 0.600. The molecule has 0 saturated carbocycles. The van der Waals surface area contributed by atoms with E-state index in [0.29, 0.717) is 6.54 Å². The molecule has 10 heavy (non-hydrogen) atoms. The summed E-state index contributed by atoms with van der Waals surface area (Å²) in [5.41, 5.74) is 0. The predicted octanol–water partition coefficient (Wildman–Crippen LogP) is -0.135. The molecule has 0 fully saturated rings. The van der Waals surface area contributed by atoms with Crippen molar-refractivity contribution in [2.24, 2.45) is 0 Å². The fourth-order valence-electron chi connectivity index (χ4n) is 0.569. The highest BCUT2D eigenvalue weighted by Crippen LogP contribution is 1.97. The molecule has 0 spiro atoms. The number of ether oxygens (including phenoxy) is 1. The molecule has 0 bridgehead atoms. The summed E-state index contributed by atoms with van der Waals surface area (Å²) in [5.74, 6) is -0.487. The van der Waals surface area contributed by atoms with E-state index < -0.39 is 5.76 Å². The largest absolute Gasteiger partial charge is 0.452 e. The van der Waals surface area contributed by atoms with E-state index in [9.17, 15) is 4.79 Å². The first kappa shape index (κ1) is 6.85. The van der Waals surface area contributed by atoms with Crippen molar-refractivity contribution in [2.45, 2.75) is 13.5 Å². The minimum atomic E-state index is -0.487. The number of nitrogens with zero attached hydrogens (tertiary/aromatic N) is 2. The lowest BCUT2D eigenvalue weighted by atomic mass is 10.8. The van der Waals surface area contributed by atoms with Crippen LogP contribution < -0.4 is 10.5 Å². The molecule has 1 heterocycles. The molecule has 0 radical (unpaired) electrons. The molecule has 1 rings (SSSR count). The molecule has 0 aliphatic carbocycles. The highest BCUT2D eigenvalue weighted by atomic mass is 16.6. The van der Waals surface area contributed by atoms with E-state index >= 15 is 0 Å². The zero-order valence-electron chi connectivity index (χ0n) is 5.83. The van der Waals surface area contributed by atoms with Crippen molar-refractivity contribution in [2.75, 3.05) is 7.11 Å². The molecule has 0 amide bonds. The summed E-state index contributed by atoms with van der Waals surface area (Å²) in [5, 5.41) is 3.66. The van der Waals surface area contributed by atoms with Crippen LogP contribution in [0.25, 0.3) is 0 Å². The van der Waals surface area contributed by atoms with Gasteiger partial charge in [-0.3, -0.25) is 0 Å². The minimum absolute atomic E-state index is 0.00634. The molecular formula is C5H8N2O3. The summed E-state index contributed by atoms with van der Waals surface area (Å²) in [7, 11) is 1.39. The van der Waals surface area contributed by atoms with Gasteiger partial charge in [-0.25, -0.2) is 4.79 Å². The van der Waals surface area contributed by atoms with Gasteiger partial charge in [0.05, 0.1) is 7.11 Å². The second-order valence-corrected chi connectivity index (χ2v) is 1.65. The second-order valence-electron chi connectivity index (χ2n) is 1.65. The van der Waals surface area contributed by atoms with E-state index in [0.717, 1.165) is 0 Å². The van der Waals surface area contributed by atoms with Crippen molar-refractivity contribution >= 4 is 0 Å². The average Bonchev–Trinajstić information content (AvgIpc) is 2.30. The van der Waals surface area contributed by atoms with E-state index in [2.05, 4.69) is 14.3 Å². The van der Waals surface area contributed by atoms with Gasteiger partial charge in [-0.1, -0.05) is 5.10 Å². The first-order chi connectivity index (χ1) is 4.77. The standard InChI is InChI=1S/C5H8N2O3/c1-3-7-5(8)10-4(6-7)9-2/h3H2,1-2H3. The van der Waals surface area contributed by atoms with Gasteiger partial charge in [-0.05, 0) is 6.92 Å². The fourth-order valence-corrected chi connectivity index (χ4v) is 0.569. The topological polar surface area (TPSA) is 57.3 Å². The molecule has 0 unspecified atom stereocenters. The lowest BCUT2D eigenvalue weighted by Gasteiger charge is -1.85. The third kappa shape index (κ3) is 1.02. The van der Waals surface area contributed by atoms with Crippen LogP contribution in [0.3, 0.4) is 0 Å². The molecule has 0 aliphatic rings. The summed E-state index contributed by atoms with van der Waals surface area (Å²) in [6, 6.07) is 0. The average molecular weight is 144 g/mol. The number of hydrogen-bond acceptors (Lipinski definition) is 4. The Kier molecular flexibility index (Phi) is 1.75. The summed E-state index contributed by atoms with van der Waals surface area (Å²) in [4.78, 5) is 10.7. The highest BCUT2D eigenvalue weighted by molar-refractivity contribution is 4.77. The van der Waals surface area contributed by atoms with Gasteiger partial charge in [0.25, 0.3) is 0 Å². The number of aryl methyl sites for hydroxylation is 1. The Morgan fingerprint density at radius 2 is 2.50 bits per heavy atom. The molecule has 0 saturated heterocycles. The van der Waals surface area contributed by atoms with Gasteiger partial charge < -0.3 is 9.15 Å². The van der Waals surface area contributed by atoms with E-state index in [1.807, 2.05) is 0 Å². The van der Waals surface area contributed by atoms with Gasteiger partial charge in [0, 0.05) is 6.54 Å². The Labute approximate surface area is 57.2 Å². The molecular weight excluding hydrogens is 136 g/mol. The summed E-state index contributed by atoms with van der Waals surface area (Å²) >= 11 is 0. The lowest BCUT2D eigenvalue weighted by Crippen LogP contribution is -2.13. The molecule has 0 aliphatic heterocycles. The molecule has 1 aromatic rings. The van der Waals surface area contributed by atoms with Crippen molar-refractivity contribution < 1.29 is 9.15 Å². The Bertz CT molecular complexity index is 262. The van der Waals surface area contributed by atoms with E-state index in [1.165, 1.54) is 11.8 Å². The van der Waals surface area contributed by atoms with Crippen molar-refractivity contribution in [1.82, 2.24) is 9.78 Å². The van der Waals surface area contributed by atoms with E-state index in [1.54, 1.807) is 6.92 Å². The smallest absolute Gasteiger partial charge is 0.439 e. The number of rotatable bonds is 2. The van der Waals surface area contributed by atoms with Crippen LogP contribution in [0.5, 0.6) is 6.08 Å². The monoisotopic (exact) mass is 144 g/mol. The zero-order chi connectivity index (χ0) is 7.56. The third-order valence-corrected chi connectivity index (χ3v) is 1.06. The van der Waals surface area contributed by atoms with Crippen LogP contribution in [0.15, 0.2) is 9.21 Å². The highest BCUT2D eigenvalue weighted by Gasteiger charge is 2.03. The van der Waals surface area contributed by atoms with Gasteiger partial charge in [0.2, 0.25) is 0 Å². The van der Waals surface area contributed by atoms with Crippen molar-refractivity contribution in [3.05, 3.63) is 10.6 Å². The molecule has 5 heteroatoms. The Balaban J connectivity index is 3.04. The number of aromatic nitrogens is 2. The normalized spacial score (nSPS) is 9.80. The number of methoxy groups -OCH3 is 1. The molecule has 0 aromatic carbocycles.